The molecule has 0 bridgehead atoms. The first-order valence-electron chi connectivity index (χ1n) is 23.0. The summed E-state index contributed by atoms with van der Waals surface area (Å²) in [4.78, 5) is 24.0. The number of unbranched alkanes of at least 4 members (excludes halogenated alkanes) is 2. The van der Waals surface area contributed by atoms with E-state index in [-0.39, 0.29) is 50.3 Å². The van der Waals surface area contributed by atoms with Crippen LogP contribution < -0.4 is 18.9 Å². The van der Waals surface area contributed by atoms with E-state index in [1.54, 1.807) is 24.9 Å². The van der Waals surface area contributed by atoms with E-state index in [0.29, 0.717) is 61.1 Å². The Morgan fingerprint density at radius 1 is 0.937 bits per heavy atom. The third kappa shape index (κ3) is 9.79. The van der Waals surface area contributed by atoms with Crippen molar-refractivity contribution in [3.8, 4) is 28.7 Å². The smallest absolute Gasteiger partial charge is 0.239 e. The van der Waals surface area contributed by atoms with E-state index >= 15 is 4.79 Å². The number of benzene rings is 3. The number of oxime groups is 1. The molecule has 0 radical (unpaired) electrons. The van der Waals surface area contributed by atoms with Crippen LogP contribution in [0.25, 0.3) is 0 Å². The van der Waals surface area contributed by atoms with Crippen molar-refractivity contribution in [1.82, 2.24) is 4.90 Å². The maximum Gasteiger partial charge on any atom is 0.239 e. The molecular formula is C51H64N2O9S. The van der Waals surface area contributed by atoms with Gasteiger partial charge in [-0.05, 0) is 122 Å². The van der Waals surface area contributed by atoms with Crippen LogP contribution in [-0.4, -0.2) is 78.5 Å². The third-order valence-corrected chi connectivity index (χ3v) is 14.6. The lowest BCUT2D eigenvalue weighted by atomic mass is 9.55. The summed E-state index contributed by atoms with van der Waals surface area (Å²) in [5.74, 6) is 2.31. The van der Waals surface area contributed by atoms with E-state index in [4.69, 9.17) is 33.7 Å². The van der Waals surface area contributed by atoms with Crippen LogP contribution in [0.15, 0.2) is 95.0 Å². The number of nitrogens with zero attached hydrogens (tertiary/aromatic N) is 2. The molecule has 2 aliphatic heterocycles. The van der Waals surface area contributed by atoms with Crippen molar-refractivity contribution in [3.05, 3.63) is 96.1 Å². The molecule has 0 saturated heterocycles. The minimum absolute atomic E-state index is 0.0368. The molecule has 0 aromatic heterocycles. The van der Waals surface area contributed by atoms with Gasteiger partial charge in [0.05, 0.1) is 18.2 Å². The number of carbonyl (C=O) groups is 1. The van der Waals surface area contributed by atoms with Gasteiger partial charge in [0.15, 0.2) is 11.5 Å². The second-order valence-electron chi connectivity index (χ2n) is 17.6. The Morgan fingerprint density at radius 3 is 2.43 bits per heavy atom. The first kappa shape index (κ1) is 45.1. The topological polar surface area (TPSA) is 129 Å². The van der Waals surface area contributed by atoms with E-state index < -0.39 is 17.7 Å². The molecule has 338 valence electrons. The molecule has 2 heterocycles. The lowest BCUT2D eigenvalue weighted by Crippen LogP contribution is -2.70. The molecule has 3 aromatic carbocycles. The van der Waals surface area contributed by atoms with Crippen molar-refractivity contribution in [2.45, 2.75) is 113 Å². The summed E-state index contributed by atoms with van der Waals surface area (Å²) in [5, 5.41) is 24.7. The number of allylic oxidation sites excluding steroid dienone is 1. The zero-order valence-electron chi connectivity index (χ0n) is 36.9. The molecule has 6 unspecified atom stereocenters. The summed E-state index contributed by atoms with van der Waals surface area (Å²) < 4.78 is 32.8. The largest absolute Gasteiger partial charge is 0.459 e. The molecule has 8 rings (SSSR count). The first-order chi connectivity index (χ1) is 30.9. The summed E-state index contributed by atoms with van der Waals surface area (Å²) >= 11 is 1.68. The fourth-order valence-corrected chi connectivity index (χ4v) is 11.4. The number of hydrogen-bond acceptors (Lipinski definition) is 11. The van der Waals surface area contributed by atoms with E-state index in [9.17, 15) is 10.2 Å². The van der Waals surface area contributed by atoms with Crippen LogP contribution in [-0.2, 0) is 20.9 Å². The highest BCUT2D eigenvalue weighted by Crippen LogP contribution is 2.62. The van der Waals surface area contributed by atoms with Gasteiger partial charge in [0.2, 0.25) is 18.5 Å². The van der Waals surface area contributed by atoms with Crippen molar-refractivity contribution in [2.75, 3.05) is 40.0 Å². The molecule has 6 atom stereocenters. The molecule has 1 amide bonds. The number of carbonyl (C=O) groups excluding carboxylic acids is 1. The monoisotopic (exact) mass is 880 g/mol. The molecular weight excluding hydrogens is 817 g/mol. The SMILES string of the molecule is C=CCOC12Oc3ccc(Oc4ccc(SC)cc4)cc3C3C(CCCCO)C(CCCCO)C=C(C(=NOC)CC1N(Cc1ccc4c(c1)OCO4)C(=O)CCC1CCCC1)C32. The average Bonchev–Trinajstić information content (AvgIpc) is 4.01. The molecule has 2 N–H and O–H groups in total. The molecule has 12 heteroatoms. The molecule has 2 fully saturated rings. The lowest BCUT2D eigenvalue weighted by molar-refractivity contribution is -0.258. The summed E-state index contributed by atoms with van der Waals surface area (Å²) in [6.45, 7) is 4.98. The Morgan fingerprint density at radius 2 is 1.68 bits per heavy atom. The van der Waals surface area contributed by atoms with Gasteiger partial charge in [-0.25, -0.2) is 0 Å². The Kier molecular flexibility index (Phi) is 15.0. The van der Waals surface area contributed by atoms with Gasteiger partial charge in [-0.15, -0.1) is 18.3 Å². The molecule has 5 aliphatic rings. The number of rotatable bonds is 21. The predicted molar refractivity (Wildman–Crippen MR) is 245 cm³/mol. The van der Waals surface area contributed by atoms with E-state index in [1.807, 2.05) is 47.4 Å². The number of hydrogen-bond donors (Lipinski definition) is 2. The minimum atomic E-state index is -1.36. The maximum atomic E-state index is 15.2. The van der Waals surface area contributed by atoms with Crippen LogP contribution in [0.2, 0.25) is 0 Å². The Bertz CT molecular complexity index is 2100. The zero-order chi connectivity index (χ0) is 43.8. The maximum absolute atomic E-state index is 15.2. The fraction of sp³-hybridized carbons (Fsp3) is 0.529. The van der Waals surface area contributed by atoms with Crippen LogP contribution in [0, 0.1) is 23.7 Å². The van der Waals surface area contributed by atoms with Crippen LogP contribution in [0.4, 0.5) is 0 Å². The summed E-state index contributed by atoms with van der Waals surface area (Å²) in [6.07, 6.45) is 17.3. The van der Waals surface area contributed by atoms with Crippen LogP contribution in [0.5, 0.6) is 28.7 Å². The van der Waals surface area contributed by atoms with Gasteiger partial charge < -0.3 is 43.6 Å². The standard InChI is InChI=1S/C51H64N2O9S/c1-4-27-60-51-47(53(48(56)24-16-34-11-5-6-12-34)32-35-15-22-45-46(28-35)59-33-58-45)31-43(52-57-2)41-29-36(13-7-9-25-54)40(14-8-10-26-55)49(50(41)51)42-30-38(19-23-44(42)62-51)61-37-17-20-39(63-3)21-18-37/h4,15,17-23,28-30,34,36,40,47,49-50,54-55H,1,5-14,16,24-27,31-33H2,2-3H3. The Hall–Kier alpha value is -4.49. The van der Waals surface area contributed by atoms with Crippen LogP contribution >= 0.6 is 11.8 Å². The molecule has 2 saturated carbocycles. The number of amides is 1. The predicted octanol–water partition coefficient (Wildman–Crippen LogP) is 10.2. The number of aliphatic hydroxyl groups excluding tert-OH is 2. The second-order valence-corrected chi connectivity index (χ2v) is 18.5. The van der Waals surface area contributed by atoms with Crippen LogP contribution in [0.3, 0.4) is 0 Å². The number of aliphatic hydroxyl groups is 2. The summed E-state index contributed by atoms with van der Waals surface area (Å²) in [7, 11) is 1.58. The van der Waals surface area contributed by atoms with Gasteiger partial charge in [0, 0.05) is 49.0 Å². The summed E-state index contributed by atoms with van der Waals surface area (Å²) in [5.41, 5.74) is 3.69. The van der Waals surface area contributed by atoms with Gasteiger partial charge in [-0.1, -0.05) is 61.9 Å². The third-order valence-electron chi connectivity index (χ3n) is 13.9. The zero-order valence-corrected chi connectivity index (χ0v) is 37.7. The van der Waals surface area contributed by atoms with Gasteiger partial charge >= 0.3 is 0 Å². The molecule has 11 nitrogen and oxygen atoms in total. The minimum Gasteiger partial charge on any atom is -0.459 e. The van der Waals surface area contributed by atoms with Crippen molar-refractivity contribution in [2.24, 2.45) is 28.8 Å². The van der Waals surface area contributed by atoms with Crippen molar-refractivity contribution < 1.29 is 43.5 Å². The van der Waals surface area contributed by atoms with Gasteiger partial charge in [0.25, 0.3) is 0 Å². The number of fused-ring (bicyclic) bond motifs is 3. The average molecular weight is 881 g/mol. The van der Waals surface area contributed by atoms with Gasteiger partial charge in [-0.3, -0.25) is 4.79 Å². The van der Waals surface area contributed by atoms with E-state index in [2.05, 4.69) is 37.1 Å². The Balaban J connectivity index is 1.29. The summed E-state index contributed by atoms with van der Waals surface area (Å²) in [6, 6.07) is 19.4. The highest BCUT2D eigenvalue weighted by molar-refractivity contribution is 7.98. The highest BCUT2D eigenvalue weighted by Gasteiger charge is 2.65. The van der Waals surface area contributed by atoms with Gasteiger partial charge in [0.1, 0.15) is 30.4 Å². The second kappa shape index (κ2) is 21.0. The number of ether oxygens (including phenoxy) is 5. The van der Waals surface area contributed by atoms with Gasteiger partial charge in [-0.2, -0.15) is 0 Å². The molecule has 0 spiro atoms. The van der Waals surface area contributed by atoms with E-state index in [0.717, 1.165) is 78.0 Å². The van der Waals surface area contributed by atoms with Crippen molar-refractivity contribution >= 4 is 23.4 Å². The fourth-order valence-electron chi connectivity index (χ4n) is 11.0. The molecule has 3 aliphatic carbocycles. The first-order valence-corrected chi connectivity index (χ1v) is 24.2. The number of thioether (sulfide) groups is 1. The van der Waals surface area contributed by atoms with Crippen molar-refractivity contribution in [1.29, 1.82) is 0 Å². The van der Waals surface area contributed by atoms with Crippen molar-refractivity contribution in [3.63, 3.8) is 0 Å². The van der Waals surface area contributed by atoms with E-state index in [1.165, 1.54) is 12.8 Å². The Labute approximate surface area is 376 Å². The normalized spacial score (nSPS) is 25.2. The molecule has 63 heavy (non-hydrogen) atoms. The highest BCUT2D eigenvalue weighted by atomic mass is 32.2. The quantitative estimate of drug-likeness (QED) is 0.0462. The lowest BCUT2D eigenvalue weighted by Gasteiger charge is -2.60. The molecule has 3 aromatic rings. The van der Waals surface area contributed by atoms with Crippen LogP contribution in [0.1, 0.15) is 101 Å².